The standard InChI is InChI=1S/C13H23N3O/c1-6-13(5,17-7-2)12-15-8-11(9(3)14)10(4)16-12/h8-9H,6-7,14H2,1-5H3. The summed E-state index contributed by atoms with van der Waals surface area (Å²) in [7, 11) is 0. The quantitative estimate of drug-likeness (QED) is 0.854. The van der Waals surface area contributed by atoms with Crippen molar-refractivity contribution in [3.8, 4) is 0 Å². The molecule has 1 aromatic heterocycles. The van der Waals surface area contributed by atoms with Crippen LogP contribution in [-0.2, 0) is 10.3 Å². The second-order valence-electron chi connectivity index (χ2n) is 4.54. The fourth-order valence-corrected chi connectivity index (χ4v) is 1.82. The molecule has 4 heteroatoms. The molecule has 1 heterocycles. The summed E-state index contributed by atoms with van der Waals surface area (Å²) in [5, 5.41) is 0. The minimum absolute atomic E-state index is 0.0379. The first kappa shape index (κ1) is 14.1. The van der Waals surface area contributed by atoms with Gasteiger partial charge >= 0.3 is 0 Å². The van der Waals surface area contributed by atoms with Crippen molar-refractivity contribution in [1.82, 2.24) is 9.97 Å². The van der Waals surface area contributed by atoms with Crippen molar-refractivity contribution in [1.29, 1.82) is 0 Å². The predicted molar refractivity (Wildman–Crippen MR) is 68.6 cm³/mol. The van der Waals surface area contributed by atoms with Gasteiger partial charge in [-0.2, -0.15) is 0 Å². The van der Waals surface area contributed by atoms with E-state index in [1.807, 2.05) is 33.9 Å². The molecule has 96 valence electrons. The lowest BCUT2D eigenvalue weighted by atomic mass is 10.0. The molecule has 4 nitrogen and oxygen atoms in total. The van der Waals surface area contributed by atoms with Crippen LogP contribution in [0.15, 0.2) is 6.20 Å². The van der Waals surface area contributed by atoms with E-state index in [-0.39, 0.29) is 6.04 Å². The molecular weight excluding hydrogens is 214 g/mol. The van der Waals surface area contributed by atoms with Gasteiger partial charge in [0, 0.05) is 30.1 Å². The van der Waals surface area contributed by atoms with Crippen molar-refractivity contribution in [2.24, 2.45) is 5.73 Å². The van der Waals surface area contributed by atoms with Gasteiger partial charge in [0.15, 0.2) is 5.82 Å². The zero-order chi connectivity index (χ0) is 13.1. The van der Waals surface area contributed by atoms with Crippen LogP contribution in [-0.4, -0.2) is 16.6 Å². The first-order valence-corrected chi connectivity index (χ1v) is 6.18. The van der Waals surface area contributed by atoms with E-state index in [9.17, 15) is 0 Å². The van der Waals surface area contributed by atoms with Crippen LogP contribution in [0.4, 0.5) is 0 Å². The van der Waals surface area contributed by atoms with Crippen LogP contribution in [0, 0.1) is 6.92 Å². The van der Waals surface area contributed by atoms with E-state index in [2.05, 4.69) is 16.9 Å². The van der Waals surface area contributed by atoms with Crippen molar-refractivity contribution in [3.05, 3.63) is 23.3 Å². The highest BCUT2D eigenvalue weighted by Gasteiger charge is 2.28. The molecule has 2 unspecified atom stereocenters. The Balaban J connectivity index is 3.11. The number of hydrogen-bond acceptors (Lipinski definition) is 4. The molecule has 0 aliphatic rings. The van der Waals surface area contributed by atoms with Gasteiger partial charge in [-0.3, -0.25) is 0 Å². The molecule has 0 radical (unpaired) electrons. The number of nitrogens with two attached hydrogens (primary N) is 1. The van der Waals surface area contributed by atoms with E-state index in [1.165, 1.54) is 0 Å². The highest BCUT2D eigenvalue weighted by molar-refractivity contribution is 5.20. The monoisotopic (exact) mass is 237 g/mol. The van der Waals surface area contributed by atoms with Gasteiger partial charge in [-0.1, -0.05) is 6.92 Å². The minimum atomic E-state index is -0.407. The lowest BCUT2D eigenvalue weighted by Crippen LogP contribution is -2.28. The Morgan fingerprint density at radius 2 is 2.12 bits per heavy atom. The van der Waals surface area contributed by atoms with Crippen LogP contribution >= 0.6 is 0 Å². The summed E-state index contributed by atoms with van der Waals surface area (Å²) < 4.78 is 5.76. The average molecular weight is 237 g/mol. The third-order valence-corrected chi connectivity index (χ3v) is 3.12. The molecule has 1 rings (SSSR count). The zero-order valence-corrected chi connectivity index (χ0v) is 11.4. The molecule has 0 spiro atoms. The van der Waals surface area contributed by atoms with Gasteiger partial charge in [-0.15, -0.1) is 0 Å². The van der Waals surface area contributed by atoms with Crippen LogP contribution < -0.4 is 5.73 Å². The van der Waals surface area contributed by atoms with Crippen molar-refractivity contribution in [2.45, 2.75) is 52.7 Å². The summed E-state index contributed by atoms with van der Waals surface area (Å²) in [5.74, 6) is 0.740. The molecule has 0 saturated heterocycles. The first-order valence-electron chi connectivity index (χ1n) is 6.18. The van der Waals surface area contributed by atoms with E-state index in [1.54, 1.807) is 0 Å². The van der Waals surface area contributed by atoms with Crippen molar-refractivity contribution >= 4 is 0 Å². The Morgan fingerprint density at radius 1 is 1.47 bits per heavy atom. The van der Waals surface area contributed by atoms with Crippen LogP contribution in [0.2, 0.25) is 0 Å². The maximum Gasteiger partial charge on any atom is 0.160 e. The van der Waals surface area contributed by atoms with Crippen LogP contribution in [0.3, 0.4) is 0 Å². The largest absolute Gasteiger partial charge is 0.368 e. The summed E-state index contributed by atoms with van der Waals surface area (Å²) >= 11 is 0. The van der Waals surface area contributed by atoms with Crippen LogP contribution in [0.25, 0.3) is 0 Å². The normalized spacial score (nSPS) is 16.6. The highest BCUT2D eigenvalue weighted by Crippen LogP contribution is 2.26. The molecule has 0 aromatic carbocycles. The maximum atomic E-state index is 5.85. The fourth-order valence-electron chi connectivity index (χ4n) is 1.82. The highest BCUT2D eigenvalue weighted by atomic mass is 16.5. The number of rotatable bonds is 5. The van der Waals surface area contributed by atoms with E-state index in [4.69, 9.17) is 10.5 Å². The van der Waals surface area contributed by atoms with Gasteiger partial charge in [0.1, 0.15) is 5.60 Å². The molecule has 0 amide bonds. The third-order valence-electron chi connectivity index (χ3n) is 3.12. The number of ether oxygens (including phenoxy) is 1. The number of aromatic nitrogens is 2. The van der Waals surface area contributed by atoms with E-state index < -0.39 is 5.60 Å². The molecule has 0 aliphatic carbocycles. The van der Waals surface area contributed by atoms with Gasteiger partial charge in [-0.25, -0.2) is 9.97 Å². The van der Waals surface area contributed by atoms with E-state index >= 15 is 0 Å². The Morgan fingerprint density at radius 3 is 2.53 bits per heavy atom. The van der Waals surface area contributed by atoms with Crippen molar-refractivity contribution in [2.75, 3.05) is 6.61 Å². The van der Waals surface area contributed by atoms with Gasteiger partial charge < -0.3 is 10.5 Å². The lowest BCUT2D eigenvalue weighted by Gasteiger charge is -2.27. The smallest absolute Gasteiger partial charge is 0.160 e. The van der Waals surface area contributed by atoms with Crippen LogP contribution in [0.1, 0.15) is 57.2 Å². The first-order chi connectivity index (χ1) is 7.94. The number of nitrogens with zero attached hydrogens (tertiary/aromatic N) is 2. The fraction of sp³-hybridized carbons (Fsp3) is 0.692. The van der Waals surface area contributed by atoms with Gasteiger partial charge in [0.25, 0.3) is 0 Å². The second-order valence-corrected chi connectivity index (χ2v) is 4.54. The molecular formula is C13H23N3O. The van der Waals surface area contributed by atoms with Gasteiger partial charge in [0.05, 0.1) is 0 Å². The molecule has 2 atom stereocenters. The van der Waals surface area contributed by atoms with Crippen LogP contribution in [0.5, 0.6) is 0 Å². The molecule has 0 bridgehead atoms. The Labute approximate surface area is 104 Å². The third kappa shape index (κ3) is 3.01. The molecule has 0 saturated carbocycles. The Hall–Kier alpha value is -1.00. The average Bonchev–Trinajstić information content (AvgIpc) is 2.28. The summed E-state index contributed by atoms with van der Waals surface area (Å²) in [6, 6.07) is -0.0379. The second kappa shape index (κ2) is 5.56. The number of hydrogen-bond donors (Lipinski definition) is 1. The molecule has 0 aliphatic heterocycles. The summed E-state index contributed by atoms with van der Waals surface area (Å²) in [4.78, 5) is 8.95. The van der Waals surface area contributed by atoms with Gasteiger partial charge in [0.2, 0.25) is 0 Å². The topological polar surface area (TPSA) is 61.0 Å². The lowest BCUT2D eigenvalue weighted by molar-refractivity contribution is -0.0392. The minimum Gasteiger partial charge on any atom is -0.368 e. The van der Waals surface area contributed by atoms with E-state index in [0.717, 1.165) is 23.5 Å². The molecule has 0 fully saturated rings. The van der Waals surface area contributed by atoms with Crippen molar-refractivity contribution < 1.29 is 4.74 Å². The molecule has 2 N–H and O–H groups in total. The Bertz CT molecular complexity index is 379. The summed E-state index contributed by atoms with van der Waals surface area (Å²) in [6.07, 6.45) is 2.66. The molecule has 17 heavy (non-hydrogen) atoms. The maximum absolute atomic E-state index is 5.85. The van der Waals surface area contributed by atoms with Crippen molar-refractivity contribution in [3.63, 3.8) is 0 Å². The number of aryl methyl sites for hydroxylation is 1. The Kier molecular flexibility index (Phi) is 4.60. The SMILES string of the molecule is CCOC(C)(CC)c1ncc(C(C)N)c(C)n1. The summed E-state index contributed by atoms with van der Waals surface area (Å²) in [6.45, 7) is 10.6. The summed E-state index contributed by atoms with van der Waals surface area (Å²) in [5.41, 5.74) is 7.37. The zero-order valence-electron chi connectivity index (χ0n) is 11.4. The van der Waals surface area contributed by atoms with Gasteiger partial charge in [-0.05, 0) is 34.1 Å². The molecule has 1 aromatic rings. The van der Waals surface area contributed by atoms with E-state index in [0.29, 0.717) is 6.61 Å². The predicted octanol–water partition coefficient (Wildman–Crippen LogP) is 2.47.